The van der Waals surface area contributed by atoms with Crippen LogP contribution in [0.2, 0.25) is 15.1 Å². The Kier molecular flexibility index (Phi) is 5.53. The first-order valence-electron chi connectivity index (χ1n) is 7.24. The molecule has 0 unspecified atom stereocenters. The van der Waals surface area contributed by atoms with Gasteiger partial charge in [0, 0.05) is 16.0 Å². The minimum absolute atomic E-state index is 0.00354. The smallest absolute Gasteiger partial charge is 0.339 e. The highest BCUT2D eigenvalue weighted by atomic mass is 35.5. The van der Waals surface area contributed by atoms with Gasteiger partial charge in [-0.2, -0.15) is 0 Å². The van der Waals surface area contributed by atoms with Crippen molar-refractivity contribution >= 4 is 63.0 Å². The lowest BCUT2D eigenvalue weighted by atomic mass is 10.0. The summed E-state index contributed by atoms with van der Waals surface area (Å²) in [6.45, 7) is 0. The van der Waals surface area contributed by atoms with Gasteiger partial charge in [0.15, 0.2) is 0 Å². The number of nitrogens with one attached hydrogen (secondary N) is 1. The first-order valence-corrected chi connectivity index (χ1v) is 9.26. The second-order valence-corrected chi connectivity index (χ2v) is 7.32. The third-order valence-corrected chi connectivity index (χ3v) is 5.55. The van der Waals surface area contributed by atoms with Gasteiger partial charge in [-0.1, -0.05) is 53.0 Å². The van der Waals surface area contributed by atoms with Crippen LogP contribution in [0, 0.1) is 0 Å². The van der Waals surface area contributed by atoms with E-state index in [1.54, 1.807) is 41.8 Å². The lowest BCUT2D eigenvalue weighted by Crippen LogP contribution is -2.14. The molecule has 3 aromatic rings. The van der Waals surface area contributed by atoms with Gasteiger partial charge in [-0.3, -0.25) is 4.79 Å². The number of carbonyl (C=O) groups is 2. The molecule has 1 heterocycles. The summed E-state index contributed by atoms with van der Waals surface area (Å²) in [7, 11) is 0. The maximum atomic E-state index is 12.5. The highest BCUT2D eigenvalue weighted by molar-refractivity contribution is 7.15. The van der Waals surface area contributed by atoms with Crippen molar-refractivity contribution in [1.29, 1.82) is 0 Å². The molecule has 4 nitrogen and oxygen atoms in total. The molecule has 0 bridgehead atoms. The number of anilines is 1. The quantitative estimate of drug-likeness (QED) is 0.512. The zero-order chi connectivity index (χ0) is 18.8. The van der Waals surface area contributed by atoms with Crippen LogP contribution < -0.4 is 5.32 Å². The van der Waals surface area contributed by atoms with Crippen molar-refractivity contribution in [3.63, 3.8) is 0 Å². The maximum Gasteiger partial charge on any atom is 0.339 e. The Labute approximate surface area is 167 Å². The van der Waals surface area contributed by atoms with Crippen LogP contribution in [0.15, 0.2) is 47.8 Å². The molecular weight excluding hydrogens is 417 g/mol. The van der Waals surface area contributed by atoms with E-state index in [4.69, 9.17) is 34.8 Å². The maximum absolute atomic E-state index is 12.5. The molecule has 3 rings (SSSR count). The third kappa shape index (κ3) is 3.71. The van der Waals surface area contributed by atoms with Gasteiger partial charge in [0.25, 0.3) is 5.91 Å². The largest absolute Gasteiger partial charge is 0.478 e. The molecule has 2 N–H and O–H groups in total. The van der Waals surface area contributed by atoms with Crippen LogP contribution in [0.3, 0.4) is 0 Å². The highest BCUT2D eigenvalue weighted by Crippen LogP contribution is 2.37. The molecule has 0 saturated carbocycles. The molecule has 0 atom stereocenters. The average molecular weight is 427 g/mol. The van der Waals surface area contributed by atoms with Crippen LogP contribution in [0.5, 0.6) is 0 Å². The zero-order valence-electron chi connectivity index (χ0n) is 12.9. The number of carboxylic acids is 1. The Balaban J connectivity index is 1.98. The number of halogens is 3. The van der Waals surface area contributed by atoms with E-state index in [9.17, 15) is 14.7 Å². The van der Waals surface area contributed by atoms with Crippen molar-refractivity contribution in [2.75, 3.05) is 5.32 Å². The topological polar surface area (TPSA) is 66.4 Å². The standard InChI is InChI=1S/C18H10Cl3NO3S/c19-10-6-4-9(5-7-10)12-8-26-17(14(12)18(24)25)22-16(23)11-2-1-3-13(20)15(11)21/h1-8H,(H,22,23)(H,24,25). The van der Waals surface area contributed by atoms with E-state index in [1.807, 2.05) is 0 Å². The first-order chi connectivity index (χ1) is 12.4. The predicted octanol–water partition coefficient (Wildman–Crippen LogP) is 6.33. The van der Waals surface area contributed by atoms with E-state index in [0.717, 1.165) is 11.3 Å². The summed E-state index contributed by atoms with van der Waals surface area (Å²) >= 11 is 19.0. The van der Waals surface area contributed by atoms with E-state index in [-0.39, 0.29) is 26.2 Å². The minimum Gasteiger partial charge on any atom is -0.478 e. The Morgan fingerprint density at radius 2 is 1.69 bits per heavy atom. The number of benzene rings is 2. The molecule has 8 heteroatoms. The Bertz CT molecular complexity index is 999. The second-order valence-electron chi connectivity index (χ2n) is 5.22. The number of carboxylic acid groups (broad SMARTS) is 1. The third-order valence-electron chi connectivity index (χ3n) is 3.58. The van der Waals surface area contributed by atoms with Gasteiger partial charge in [-0.05, 0) is 29.8 Å². The van der Waals surface area contributed by atoms with Crippen LogP contribution in [-0.4, -0.2) is 17.0 Å². The van der Waals surface area contributed by atoms with Gasteiger partial charge in [0.2, 0.25) is 0 Å². The molecule has 26 heavy (non-hydrogen) atoms. The number of rotatable bonds is 4. The van der Waals surface area contributed by atoms with E-state index in [2.05, 4.69) is 5.32 Å². The number of aromatic carboxylic acids is 1. The summed E-state index contributed by atoms with van der Waals surface area (Å²) in [5, 5.41) is 15.0. The minimum atomic E-state index is -1.15. The first kappa shape index (κ1) is 18.7. The van der Waals surface area contributed by atoms with Crippen LogP contribution in [0.1, 0.15) is 20.7 Å². The molecular formula is C18H10Cl3NO3S. The molecule has 0 aliphatic carbocycles. The van der Waals surface area contributed by atoms with Gasteiger partial charge >= 0.3 is 5.97 Å². The van der Waals surface area contributed by atoms with Crippen LogP contribution in [0.25, 0.3) is 11.1 Å². The van der Waals surface area contributed by atoms with Gasteiger partial charge in [0.05, 0.1) is 15.6 Å². The fourth-order valence-electron chi connectivity index (χ4n) is 2.35. The molecule has 0 fully saturated rings. The van der Waals surface area contributed by atoms with Crippen molar-refractivity contribution in [2.45, 2.75) is 0 Å². The van der Waals surface area contributed by atoms with Gasteiger partial charge in [0.1, 0.15) is 10.6 Å². The van der Waals surface area contributed by atoms with Gasteiger partial charge < -0.3 is 10.4 Å². The van der Waals surface area contributed by atoms with Gasteiger partial charge in [-0.25, -0.2) is 4.79 Å². The lowest BCUT2D eigenvalue weighted by Gasteiger charge is -2.08. The van der Waals surface area contributed by atoms with Crippen LogP contribution in [-0.2, 0) is 0 Å². The van der Waals surface area contributed by atoms with E-state index < -0.39 is 11.9 Å². The SMILES string of the molecule is O=C(Nc1scc(-c2ccc(Cl)cc2)c1C(=O)O)c1cccc(Cl)c1Cl. The monoisotopic (exact) mass is 425 g/mol. The van der Waals surface area contributed by atoms with Crippen molar-refractivity contribution in [1.82, 2.24) is 0 Å². The summed E-state index contributed by atoms with van der Waals surface area (Å²) in [6, 6.07) is 11.4. The average Bonchev–Trinajstić information content (AvgIpc) is 3.01. The van der Waals surface area contributed by atoms with Crippen LogP contribution >= 0.6 is 46.1 Å². The summed E-state index contributed by atoms with van der Waals surface area (Å²) < 4.78 is 0. The lowest BCUT2D eigenvalue weighted by molar-refractivity contribution is 0.0699. The number of hydrogen-bond acceptors (Lipinski definition) is 3. The summed E-state index contributed by atoms with van der Waals surface area (Å²) in [5.41, 5.74) is 1.34. The van der Waals surface area contributed by atoms with Crippen molar-refractivity contribution < 1.29 is 14.7 Å². The molecule has 132 valence electrons. The Hall–Kier alpha value is -2.05. The second kappa shape index (κ2) is 7.68. The zero-order valence-corrected chi connectivity index (χ0v) is 16.0. The normalized spacial score (nSPS) is 10.6. The van der Waals surface area contributed by atoms with Crippen molar-refractivity contribution in [3.05, 3.63) is 74.0 Å². The fourth-order valence-corrected chi connectivity index (χ4v) is 3.82. The molecule has 0 radical (unpaired) electrons. The Morgan fingerprint density at radius 1 is 1.00 bits per heavy atom. The molecule has 1 amide bonds. The Morgan fingerprint density at radius 3 is 2.35 bits per heavy atom. The number of amides is 1. The molecule has 2 aromatic carbocycles. The van der Waals surface area contributed by atoms with Crippen molar-refractivity contribution in [3.8, 4) is 11.1 Å². The highest BCUT2D eigenvalue weighted by Gasteiger charge is 2.22. The van der Waals surface area contributed by atoms with Crippen LogP contribution in [0.4, 0.5) is 5.00 Å². The summed E-state index contributed by atoms with van der Waals surface area (Å²) in [5.74, 6) is -1.69. The fraction of sp³-hybridized carbons (Fsp3) is 0. The predicted molar refractivity (Wildman–Crippen MR) is 106 cm³/mol. The van der Waals surface area contributed by atoms with Gasteiger partial charge in [-0.15, -0.1) is 11.3 Å². The molecule has 0 saturated heterocycles. The summed E-state index contributed by atoms with van der Waals surface area (Å²) in [4.78, 5) is 24.3. The van der Waals surface area contributed by atoms with E-state index >= 15 is 0 Å². The number of hydrogen-bond donors (Lipinski definition) is 2. The molecule has 1 aromatic heterocycles. The van der Waals surface area contributed by atoms with E-state index in [1.165, 1.54) is 6.07 Å². The van der Waals surface area contributed by atoms with E-state index in [0.29, 0.717) is 16.1 Å². The summed E-state index contributed by atoms with van der Waals surface area (Å²) in [6.07, 6.45) is 0. The number of thiophene rings is 1. The number of carbonyl (C=O) groups excluding carboxylic acids is 1. The molecule has 0 aliphatic rings. The molecule has 0 spiro atoms. The molecule has 0 aliphatic heterocycles. The van der Waals surface area contributed by atoms with Crippen molar-refractivity contribution in [2.24, 2.45) is 0 Å².